The maximum Gasteiger partial charge on any atom is 0.243 e. The van der Waals surface area contributed by atoms with E-state index in [0.717, 1.165) is 11.1 Å². The first kappa shape index (κ1) is 23.5. The molecule has 0 radical (unpaired) electrons. The Morgan fingerprint density at radius 1 is 1.00 bits per heavy atom. The largest absolute Gasteiger partial charge is 0.353 e. The minimum atomic E-state index is -3.51. The van der Waals surface area contributed by atoms with E-state index in [1.165, 1.54) is 9.87 Å². The number of sulfonamides is 1. The summed E-state index contributed by atoms with van der Waals surface area (Å²) in [5, 5.41) is 3.08. The van der Waals surface area contributed by atoms with Gasteiger partial charge in [-0.15, -0.1) is 0 Å². The molecule has 0 saturated carbocycles. The average molecular weight is 443 g/mol. The van der Waals surface area contributed by atoms with Crippen LogP contribution < -0.4 is 5.32 Å². The molecule has 1 N–H and O–H groups in total. The van der Waals surface area contributed by atoms with E-state index in [0.29, 0.717) is 43.7 Å². The van der Waals surface area contributed by atoms with Crippen molar-refractivity contribution >= 4 is 15.9 Å². The minimum absolute atomic E-state index is 0.0156. The zero-order valence-electron chi connectivity index (χ0n) is 19.0. The summed E-state index contributed by atoms with van der Waals surface area (Å²) in [4.78, 5) is 12.7. The smallest absolute Gasteiger partial charge is 0.243 e. The molecule has 1 aliphatic heterocycles. The van der Waals surface area contributed by atoms with Gasteiger partial charge in [0.1, 0.15) is 0 Å². The summed E-state index contributed by atoms with van der Waals surface area (Å²) in [5.74, 6) is 0.0275. The lowest BCUT2D eigenvalue weighted by atomic mass is 9.87. The molecule has 1 amide bonds. The highest BCUT2D eigenvalue weighted by Crippen LogP contribution is 2.26. The normalized spacial score (nSPS) is 16.3. The number of benzene rings is 2. The van der Waals surface area contributed by atoms with E-state index in [1.54, 1.807) is 12.1 Å². The summed E-state index contributed by atoms with van der Waals surface area (Å²) in [7, 11) is -3.51. The average Bonchev–Trinajstić information content (AvgIpc) is 2.73. The van der Waals surface area contributed by atoms with Crippen molar-refractivity contribution in [2.75, 3.05) is 13.1 Å². The van der Waals surface area contributed by atoms with E-state index in [4.69, 9.17) is 0 Å². The van der Waals surface area contributed by atoms with Gasteiger partial charge >= 0.3 is 0 Å². The van der Waals surface area contributed by atoms with Crippen molar-refractivity contribution in [1.29, 1.82) is 0 Å². The third-order valence-electron chi connectivity index (χ3n) is 5.94. The molecule has 1 heterocycles. The van der Waals surface area contributed by atoms with E-state index >= 15 is 0 Å². The molecule has 0 bridgehead atoms. The number of carbonyl (C=O) groups is 1. The number of amides is 1. The summed E-state index contributed by atoms with van der Waals surface area (Å²) in [6, 6.07) is 15.5. The summed E-state index contributed by atoms with van der Waals surface area (Å²) in [6.07, 6.45) is 2.43. The zero-order chi connectivity index (χ0) is 22.6. The molecule has 0 unspecified atom stereocenters. The second-order valence-corrected chi connectivity index (χ2v) is 11.4. The molecule has 1 fully saturated rings. The van der Waals surface area contributed by atoms with Crippen LogP contribution in [0.15, 0.2) is 53.4 Å². The van der Waals surface area contributed by atoms with Crippen LogP contribution in [0.25, 0.3) is 0 Å². The highest BCUT2D eigenvalue weighted by molar-refractivity contribution is 7.89. The van der Waals surface area contributed by atoms with Crippen LogP contribution in [-0.2, 0) is 26.7 Å². The van der Waals surface area contributed by atoms with Crippen molar-refractivity contribution in [3.63, 3.8) is 0 Å². The van der Waals surface area contributed by atoms with Gasteiger partial charge in [0.25, 0.3) is 0 Å². The van der Waals surface area contributed by atoms with Gasteiger partial charge in [-0.05, 0) is 54.9 Å². The van der Waals surface area contributed by atoms with E-state index in [1.807, 2.05) is 19.1 Å². The first-order chi connectivity index (χ1) is 14.6. The molecule has 6 heteroatoms. The Balaban J connectivity index is 1.50. The number of rotatable bonds is 6. The number of aryl methyl sites for hydroxylation is 2. The van der Waals surface area contributed by atoms with Crippen LogP contribution in [0, 0.1) is 6.92 Å². The lowest BCUT2D eigenvalue weighted by molar-refractivity contribution is -0.122. The van der Waals surface area contributed by atoms with Gasteiger partial charge in [0.15, 0.2) is 0 Å². The van der Waals surface area contributed by atoms with Crippen molar-refractivity contribution in [1.82, 2.24) is 9.62 Å². The Hall–Kier alpha value is -2.18. The summed E-state index contributed by atoms with van der Waals surface area (Å²) >= 11 is 0. The molecule has 1 saturated heterocycles. The van der Waals surface area contributed by atoms with Gasteiger partial charge in [0.2, 0.25) is 15.9 Å². The van der Waals surface area contributed by atoms with Crippen LogP contribution >= 0.6 is 0 Å². The summed E-state index contributed by atoms with van der Waals surface area (Å²) < 4.78 is 27.5. The van der Waals surface area contributed by atoms with Gasteiger partial charge in [-0.2, -0.15) is 4.31 Å². The predicted molar refractivity (Wildman–Crippen MR) is 125 cm³/mol. The second-order valence-electron chi connectivity index (χ2n) is 9.51. The SMILES string of the molecule is Cc1ccc(CCC(=O)NC2CCN(S(=O)(=O)c3ccc(C(C)(C)C)cc3)CC2)cc1. The highest BCUT2D eigenvalue weighted by atomic mass is 32.2. The lowest BCUT2D eigenvalue weighted by Crippen LogP contribution is -2.46. The standard InChI is InChI=1S/C25H34N2O3S/c1-19-5-7-20(8-6-19)9-14-24(28)26-22-15-17-27(18-16-22)31(29,30)23-12-10-21(11-13-23)25(2,3)4/h5-8,10-13,22H,9,14-18H2,1-4H3,(H,26,28). The van der Waals surface area contributed by atoms with Gasteiger partial charge in [-0.25, -0.2) is 8.42 Å². The van der Waals surface area contributed by atoms with E-state index < -0.39 is 10.0 Å². The van der Waals surface area contributed by atoms with Crippen molar-refractivity contribution < 1.29 is 13.2 Å². The fraction of sp³-hybridized carbons (Fsp3) is 0.480. The molecule has 0 spiro atoms. The summed E-state index contributed by atoms with van der Waals surface area (Å²) in [6.45, 7) is 9.21. The molecule has 2 aromatic rings. The molecule has 0 aromatic heterocycles. The van der Waals surface area contributed by atoms with Crippen LogP contribution in [0.1, 0.15) is 56.7 Å². The van der Waals surface area contributed by atoms with Crippen LogP contribution in [-0.4, -0.2) is 37.8 Å². The monoisotopic (exact) mass is 442 g/mol. The molecule has 5 nitrogen and oxygen atoms in total. The lowest BCUT2D eigenvalue weighted by Gasteiger charge is -2.31. The number of hydrogen-bond donors (Lipinski definition) is 1. The number of nitrogens with one attached hydrogen (secondary N) is 1. The number of nitrogens with zero attached hydrogens (tertiary/aromatic N) is 1. The van der Waals surface area contributed by atoms with Crippen LogP contribution in [0.5, 0.6) is 0 Å². The molecular formula is C25H34N2O3S. The first-order valence-electron chi connectivity index (χ1n) is 11.0. The zero-order valence-corrected chi connectivity index (χ0v) is 19.8. The maximum absolute atomic E-state index is 13.0. The minimum Gasteiger partial charge on any atom is -0.353 e. The molecule has 2 aromatic carbocycles. The van der Waals surface area contributed by atoms with Crippen molar-refractivity contribution in [2.24, 2.45) is 0 Å². The quantitative estimate of drug-likeness (QED) is 0.729. The van der Waals surface area contributed by atoms with Crippen molar-refractivity contribution in [3.05, 3.63) is 65.2 Å². The van der Waals surface area contributed by atoms with Crippen molar-refractivity contribution in [3.8, 4) is 0 Å². The topological polar surface area (TPSA) is 66.5 Å². The third kappa shape index (κ3) is 6.17. The molecule has 0 aliphatic carbocycles. The van der Waals surface area contributed by atoms with Crippen LogP contribution in [0.3, 0.4) is 0 Å². The second kappa shape index (κ2) is 9.53. The fourth-order valence-corrected chi connectivity index (χ4v) is 5.30. The molecule has 0 atom stereocenters. The van der Waals surface area contributed by atoms with Gasteiger partial charge < -0.3 is 5.32 Å². The Morgan fingerprint density at radius 3 is 2.13 bits per heavy atom. The Labute approximate surface area is 186 Å². The first-order valence-corrected chi connectivity index (χ1v) is 12.5. The Morgan fingerprint density at radius 2 is 1.58 bits per heavy atom. The molecule has 31 heavy (non-hydrogen) atoms. The maximum atomic E-state index is 13.0. The number of hydrogen-bond acceptors (Lipinski definition) is 3. The third-order valence-corrected chi connectivity index (χ3v) is 7.85. The fourth-order valence-electron chi connectivity index (χ4n) is 3.83. The Bertz CT molecular complexity index is 983. The predicted octanol–water partition coefficient (Wildman–Crippen LogP) is 4.19. The van der Waals surface area contributed by atoms with E-state index in [-0.39, 0.29) is 17.4 Å². The molecule has 168 valence electrons. The van der Waals surface area contributed by atoms with Gasteiger partial charge in [-0.1, -0.05) is 62.7 Å². The molecule has 3 rings (SSSR count). The molecular weight excluding hydrogens is 408 g/mol. The van der Waals surface area contributed by atoms with Gasteiger partial charge in [0.05, 0.1) is 4.90 Å². The van der Waals surface area contributed by atoms with Crippen molar-refractivity contribution in [2.45, 2.75) is 69.7 Å². The van der Waals surface area contributed by atoms with Crippen LogP contribution in [0.4, 0.5) is 0 Å². The van der Waals surface area contributed by atoms with E-state index in [9.17, 15) is 13.2 Å². The number of carbonyl (C=O) groups excluding carboxylic acids is 1. The van der Waals surface area contributed by atoms with E-state index in [2.05, 4.69) is 50.4 Å². The van der Waals surface area contributed by atoms with Gasteiger partial charge in [-0.3, -0.25) is 4.79 Å². The van der Waals surface area contributed by atoms with Gasteiger partial charge in [0, 0.05) is 25.6 Å². The highest BCUT2D eigenvalue weighted by Gasteiger charge is 2.30. The Kier molecular flexibility index (Phi) is 7.22. The van der Waals surface area contributed by atoms with Crippen LogP contribution in [0.2, 0.25) is 0 Å². The molecule has 1 aliphatic rings. The summed E-state index contributed by atoms with van der Waals surface area (Å²) in [5.41, 5.74) is 3.45. The number of piperidine rings is 1.